The number of piperazine rings is 1. The van der Waals surface area contributed by atoms with Gasteiger partial charge in [-0.2, -0.15) is 5.10 Å². The van der Waals surface area contributed by atoms with Crippen LogP contribution < -0.4 is 0 Å². The molecule has 1 saturated heterocycles. The van der Waals surface area contributed by atoms with Crippen LogP contribution in [0.15, 0.2) is 53.2 Å². The minimum absolute atomic E-state index is 0.685. The summed E-state index contributed by atoms with van der Waals surface area (Å²) in [5.74, 6) is 2.53. The molecule has 0 radical (unpaired) electrons. The van der Waals surface area contributed by atoms with Gasteiger partial charge in [-0.1, -0.05) is 30.3 Å². The number of nitrogens with zero attached hydrogens (tertiary/aromatic N) is 5. The van der Waals surface area contributed by atoms with Gasteiger partial charge in [0, 0.05) is 26.2 Å². The molecule has 0 N–H and O–H groups in total. The van der Waals surface area contributed by atoms with Gasteiger partial charge >= 0.3 is 0 Å². The SMILES string of the molecule is CN1CCN(Cc2ccc(-c3ncnn3Cc3ccccc3)o2)CC1. The predicted molar refractivity (Wildman–Crippen MR) is 96.0 cm³/mol. The Morgan fingerprint density at radius 1 is 0.960 bits per heavy atom. The molecule has 130 valence electrons. The van der Waals surface area contributed by atoms with Crippen LogP contribution in [0.5, 0.6) is 0 Å². The van der Waals surface area contributed by atoms with Gasteiger partial charge in [-0.05, 0) is 24.7 Å². The maximum Gasteiger partial charge on any atom is 0.194 e. The van der Waals surface area contributed by atoms with Gasteiger partial charge in [0.05, 0.1) is 13.1 Å². The molecule has 3 heterocycles. The topological polar surface area (TPSA) is 50.3 Å². The molecular weight excluding hydrogens is 314 g/mol. The van der Waals surface area contributed by atoms with Crippen molar-refractivity contribution in [3.8, 4) is 11.6 Å². The quantitative estimate of drug-likeness (QED) is 0.715. The monoisotopic (exact) mass is 337 g/mol. The van der Waals surface area contributed by atoms with Crippen molar-refractivity contribution < 1.29 is 4.42 Å². The van der Waals surface area contributed by atoms with E-state index < -0.39 is 0 Å². The molecule has 3 aromatic rings. The second-order valence-electron chi connectivity index (χ2n) is 6.57. The highest BCUT2D eigenvalue weighted by Crippen LogP contribution is 2.22. The molecule has 0 spiro atoms. The third kappa shape index (κ3) is 3.81. The lowest BCUT2D eigenvalue weighted by Crippen LogP contribution is -2.43. The van der Waals surface area contributed by atoms with Crippen LogP contribution in [0.25, 0.3) is 11.6 Å². The maximum absolute atomic E-state index is 6.06. The van der Waals surface area contributed by atoms with Gasteiger partial charge in [0.15, 0.2) is 11.6 Å². The smallest absolute Gasteiger partial charge is 0.194 e. The van der Waals surface area contributed by atoms with E-state index in [0.29, 0.717) is 6.54 Å². The largest absolute Gasteiger partial charge is 0.456 e. The lowest BCUT2D eigenvalue weighted by Gasteiger charge is -2.31. The minimum Gasteiger partial charge on any atom is -0.456 e. The number of rotatable bonds is 5. The van der Waals surface area contributed by atoms with Gasteiger partial charge < -0.3 is 9.32 Å². The van der Waals surface area contributed by atoms with Crippen LogP contribution in [0.3, 0.4) is 0 Å². The summed E-state index contributed by atoms with van der Waals surface area (Å²) in [6.45, 7) is 5.91. The Morgan fingerprint density at radius 2 is 1.76 bits per heavy atom. The lowest BCUT2D eigenvalue weighted by atomic mass is 10.2. The molecule has 0 bridgehead atoms. The Labute approximate surface area is 147 Å². The molecule has 1 aliphatic rings. The van der Waals surface area contributed by atoms with E-state index in [9.17, 15) is 0 Å². The molecule has 0 saturated carbocycles. The Balaban J connectivity index is 1.46. The van der Waals surface area contributed by atoms with Crippen molar-refractivity contribution in [2.75, 3.05) is 33.2 Å². The Hall–Kier alpha value is -2.44. The molecular formula is C19H23N5O. The molecule has 25 heavy (non-hydrogen) atoms. The molecule has 4 rings (SSSR count). The van der Waals surface area contributed by atoms with Crippen LogP contribution >= 0.6 is 0 Å². The zero-order valence-corrected chi connectivity index (χ0v) is 14.5. The summed E-state index contributed by atoms with van der Waals surface area (Å²) in [4.78, 5) is 9.18. The number of aromatic nitrogens is 3. The predicted octanol–water partition coefficient (Wildman–Crippen LogP) is 2.33. The summed E-state index contributed by atoms with van der Waals surface area (Å²) >= 11 is 0. The summed E-state index contributed by atoms with van der Waals surface area (Å²) in [6.07, 6.45) is 1.58. The van der Waals surface area contributed by atoms with Gasteiger partial charge in [0.2, 0.25) is 0 Å². The highest BCUT2D eigenvalue weighted by Gasteiger charge is 2.17. The number of hydrogen-bond acceptors (Lipinski definition) is 5. The van der Waals surface area contributed by atoms with Crippen molar-refractivity contribution in [3.05, 3.63) is 60.1 Å². The van der Waals surface area contributed by atoms with Gasteiger partial charge in [-0.25, -0.2) is 9.67 Å². The molecule has 1 aromatic carbocycles. The number of furan rings is 1. The van der Waals surface area contributed by atoms with Crippen LogP contribution in [0.4, 0.5) is 0 Å². The first-order valence-electron chi connectivity index (χ1n) is 8.69. The standard InChI is InChI=1S/C19H23N5O/c1-22-9-11-23(12-10-22)14-17-7-8-18(25-17)19-20-15-21-24(19)13-16-5-3-2-4-6-16/h2-8,15H,9-14H2,1H3. The van der Waals surface area contributed by atoms with Gasteiger partial charge in [0.1, 0.15) is 12.1 Å². The number of benzene rings is 1. The highest BCUT2D eigenvalue weighted by molar-refractivity contribution is 5.47. The molecule has 0 aliphatic carbocycles. The second-order valence-corrected chi connectivity index (χ2v) is 6.57. The number of likely N-dealkylation sites (N-methyl/N-ethyl adjacent to an activating group) is 1. The first kappa shape index (κ1) is 16.1. The average molecular weight is 337 g/mol. The van der Waals surface area contributed by atoms with Crippen molar-refractivity contribution in [3.63, 3.8) is 0 Å². The second kappa shape index (κ2) is 7.21. The highest BCUT2D eigenvalue weighted by atomic mass is 16.3. The van der Waals surface area contributed by atoms with Crippen molar-refractivity contribution in [2.45, 2.75) is 13.1 Å². The maximum atomic E-state index is 6.06. The Kier molecular flexibility index (Phi) is 4.63. The number of hydrogen-bond donors (Lipinski definition) is 0. The van der Waals surface area contributed by atoms with E-state index in [0.717, 1.165) is 50.1 Å². The van der Waals surface area contributed by atoms with E-state index in [2.05, 4.69) is 45.1 Å². The summed E-state index contributed by atoms with van der Waals surface area (Å²) in [7, 11) is 2.17. The van der Waals surface area contributed by atoms with Crippen LogP contribution in [0.2, 0.25) is 0 Å². The van der Waals surface area contributed by atoms with Crippen molar-refractivity contribution in [2.24, 2.45) is 0 Å². The van der Waals surface area contributed by atoms with Crippen molar-refractivity contribution in [1.29, 1.82) is 0 Å². The molecule has 2 aromatic heterocycles. The van der Waals surface area contributed by atoms with E-state index >= 15 is 0 Å². The summed E-state index contributed by atoms with van der Waals surface area (Å²) in [6, 6.07) is 14.3. The Morgan fingerprint density at radius 3 is 2.56 bits per heavy atom. The zero-order chi connectivity index (χ0) is 17.1. The third-order valence-corrected chi connectivity index (χ3v) is 4.65. The normalized spacial score (nSPS) is 16.4. The fraction of sp³-hybridized carbons (Fsp3) is 0.368. The zero-order valence-electron chi connectivity index (χ0n) is 14.5. The summed E-state index contributed by atoms with van der Waals surface area (Å²) < 4.78 is 7.94. The molecule has 0 amide bonds. The van der Waals surface area contributed by atoms with Crippen LogP contribution in [-0.2, 0) is 13.1 Å². The van der Waals surface area contributed by atoms with Crippen LogP contribution in [-0.4, -0.2) is 57.8 Å². The van der Waals surface area contributed by atoms with Gasteiger partial charge in [0.25, 0.3) is 0 Å². The average Bonchev–Trinajstić information content (AvgIpc) is 3.27. The van der Waals surface area contributed by atoms with Crippen molar-refractivity contribution >= 4 is 0 Å². The fourth-order valence-electron chi connectivity index (χ4n) is 3.14. The molecule has 1 aliphatic heterocycles. The van der Waals surface area contributed by atoms with Crippen molar-refractivity contribution in [1.82, 2.24) is 24.6 Å². The summed E-state index contributed by atoms with van der Waals surface area (Å²) in [5, 5.41) is 4.35. The van der Waals surface area contributed by atoms with E-state index in [1.165, 1.54) is 5.56 Å². The van der Waals surface area contributed by atoms with E-state index in [4.69, 9.17) is 4.42 Å². The summed E-state index contributed by atoms with van der Waals surface area (Å²) in [5.41, 5.74) is 1.19. The molecule has 0 atom stereocenters. The molecule has 0 unspecified atom stereocenters. The van der Waals surface area contributed by atoms with Crippen LogP contribution in [0.1, 0.15) is 11.3 Å². The minimum atomic E-state index is 0.685. The van der Waals surface area contributed by atoms with E-state index in [1.54, 1.807) is 6.33 Å². The first-order valence-corrected chi connectivity index (χ1v) is 8.69. The lowest BCUT2D eigenvalue weighted by molar-refractivity contribution is 0.140. The van der Waals surface area contributed by atoms with Gasteiger partial charge in [-0.15, -0.1) is 0 Å². The van der Waals surface area contributed by atoms with Gasteiger partial charge in [-0.3, -0.25) is 4.90 Å². The Bertz CT molecular complexity index is 802. The molecule has 1 fully saturated rings. The third-order valence-electron chi connectivity index (χ3n) is 4.65. The molecule has 6 nitrogen and oxygen atoms in total. The first-order chi connectivity index (χ1) is 12.3. The van der Waals surface area contributed by atoms with E-state index in [1.807, 2.05) is 28.9 Å². The van der Waals surface area contributed by atoms with Crippen LogP contribution in [0, 0.1) is 0 Å². The van der Waals surface area contributed by atoms with E-state index in [-0.39, 0.29) is 0 Å². The molecule has 6 heteroatoms. The fourth-order valence-corrected chi connectivity index (χ4v) is 3.14.